The molecule has 0 aromatic carbocycles. The van der Waals surface area contributed by atoms with Crippen molar-refractivity contribution in [2.45, 2.75) is 18.9 Å². The Kier molecular flexibility index (Phi) is 7.54. The number of rotatable bonds is 9. The molecule has 25 heavy (non-hydrogen) atoms. The molecular weight excluding hydrogens is 354 g/mol. The van der Waals surface area contributed by atoms with Gasteiger partial charge in [0, 0.05) is 6.42 Å². The van der Waals surface area contributed by atoms with Crippen LogP contribution in [0, 0.1) is 0 Å². The summed E-state index contributed by atoms with van der Waals surface area (Å²) in [6.07, 6.45) is 0.625. The molecule has 0 bridgehead atoms. The van der Waals surface area contributed by atoms with Crippen molar-refractivity contribution in [3.05, 3.63) is 30.1 Å². The van der Waals surface area contributed by atoms with E-state index in [0.717, 1.165) is 0 Å². The van der Waals surface area contributed by atoms with Gasteiger partial charge in [-0.15, -0.1) is 11.6 Å². The number of halogens is 1. The maximum Gasteiger partial charge on any atom is 0.326 e. The third-order valence-electron chi connectivity index (χ3n) is 3.00. The molecule has 0 radical (unpaired) electrons. The first-order valence-corrected chi connectivity index (χ1v) is 7.56. The number of carbonyl (C=O) groups excluding carboxylic acids is 2. The summed E-state index contributed by atoms with van der Waals surface area (Å²) in [4.78, 5) is 49.1. The van der Waals surface area contributed by atoms with Gasteiger partial charge in [-0.3, -0.25) is 14.4 Å². The molecule has 0 aliphatic carbocycles. The first-order valence-electron chi connectivity index (χ1n) is 7.03. The van der Waals surface area contributed by atoms with E-state index in [2.05, 4.69) is 22.2 Å². The Morgan fingerprint density at radius 2 is 1.96 bits per heavy atom. The van der Waals surface area contributed by atoms with E-state index in [9.17, 15) is 19.2 Å². The summed E-state index contributed by atoms with van der Waals surface area (Å²) < 4.78 is 0. The van der Waals surface area contributed by atoms with E-state index in [1.54, 1.807) is 0 Å². The fourth-order valence-corrected chi connectivity index (χ4v) is 1.87. The highest BCUT2D eigenvalue weighted by Crippen LogP contribution is 2.16. The minimum Gasteiger partial charge on any atom is -0.481 e. The highest BCUT2D eigenvalue weighted by molar-refractivity contribution is 6.29. The zero-order valence-electron chi connectivity index (χ0n) is 13.0. The molecule has 1 atom stereocenters. The number of pyridine rings is 1. The Morgan fingerprint density at radius 3 is 2.48 bits per heavy atom. The number of carboxylic acids is 2. The molecule has 0 fully saturated rings. The van der Waals surface area contributed by atoms with Crippen LogP contribution in [0.15, 0.2) is 18.7 Å². The number of nitrogens with zero attached hydrogens (tertiary/aromatic N) is 1. The van der Waals surface area contributed by atoms with Crippen molar-refractivity contribution in [2.75, 3.05) is 11.2 Å². The van der Waals surface area contributed by atoms with Gasteiger partial charge < -0.3 is 20.8 Å². The molecule has 2 amide bonds. The number of anilines is 1. The summed E-state index contributed by atoms with van der Waals surface area (Å²) in [6.45, 7) is 3.53. The number of hydrogen-bond acceptors (Lipinski definition) is 5. The number of carbonyl (C=O) groups is 4. The van der Waals surface area contributed by atoms with Crippen LogP contribution in [0.3, 0.4) is 0 Å². The summed E-state index contributed by atoms with van der Waals surface area (Å²) in [5, 5.41) is 22.3. The van der Waals surface area contributed by atoms with E-state index in [1.165, 1.54) is 18.2 Å². The number of aromatic nitrogens is 1. The number of hydrogen-bond donors (Lipinski definition) is 4. The molecule has 134 valence electrons. The van der Waals surface area contributed by atoms with Crippen molar-refractivity contribution >= 4 is 47.1 Å². The van der Waals surface area contributed by atoms with Crippen LogP contribution in [0.5, 0.6) is 0 Å². The lowest BCUT2D eigenvalue weighted by atomic mass is 10.1. The average molecular weight is 370 g/mol. The van der Waals surface area contributed by atoms with Crippen LogP contribution in [0.4, 0.5) is 5.69 Å². The quantitative estimate of drug-likeness (QED) is 0.474. The highest BCUT2D eigenvalue weighted by Gasteiger charge is 2.22. The SMILES string of the molecule is C=Cc1nc(C(=O)N[C@@H](CCC(=O)O)C(=O)O)ccc1NC(=O)CCl. The fraction of sp³-hybridized carbons (Fsp3) is 0.267. The Bertz CT molecular complexity index is 707. The standard InChI is InChI=1S/C15H16ClN3O6/c1-2-8-9(18-12(20)7-16)3-4-10(17-8)14(23)19-11(15(24)25)5-6-13(21)22/h2-4,11H,1,5-7H2,(H,18,20)(H,19,23)(H,21,22)(H,24,25)/t11-/m0/s1. The normalized spacial score (nSPS) is 11.2. The Morgan fingerprint density at radius 1 is 1.28 bits per heavy atom. The molecular formula is C15H16ClN3O6. The van der Waals surface area contributed by atoms with Gasteiger partial charge in [0.1, 0.15) is 17.6 Å². The van der Waals surface area contributed by atoms with Gasteiger partial charge in [0.15, 0.2) is 0 Å². The van der Waals surface area contributed by atoms with Crippen LogP contribution in [0.25, 0.3) is 6.08 Å². The van der Waals surface area contributed by atoms with Gasteiger partial charge in [-0.25, -0.2) is 9.78 Å². The molecule has 1 heterocycles. The molecule has 4 N–H and O–H groups in total. The van der Waals surface area contributed by atoms with Gasteiger partial charge in [0.25, 0.3) is 5.91 Å². The molecule has 9 nitrogen and oxygen atoms in total. The largest absolute Gasteiger partial charge is 0.481 e. The smallest absolute Gasteiger partial charge is 0.326 e. The number of aliphatic carboxylic acids is 2. The van der Waals surface area contributed by atoms with Crippen molar-refractivity contribution in [2.24, 2.45) is 0 Å². The van der Waals surface area contributed by atoms with E-state index < -0.39 is 36.2 Å². The summed E-state index contributed by atoms with van der Waals surface area (Å²) in [5.74, 6) is -4.06. The van der Waals surface area contributed by atoms with Gasteiger partial charge in [0.05, 0.1) is 11.4 Å². The van der Waals surface area contributed by atoms with E-state index in [0.29, 0.717) is 0 Å². The number of nitrogens with one attached hydrogen (secondary N) is 2. The lowest BCUT2D eigenvalue weighted by Crippen LogP contribution is -2.41. The van der Waals surface area contributed by atoms with Gasteiger partial charge >= 0.3 is 11.9 Å². The van der Waals surface area contributed by atoms with Crippen molar-refractivity contribution in [3.8, 4) is 0 Å². The van der Waals surface area contributed by atoms with E-state index >= 15 is 0 Å². The monoisotopic (exact) mass is 369 g/mol. The second-order valence-corrected chi connectivity index (χ2v) is 5.08. The van der Waals surface area contributed by atoms with Crippen LogP contribution >= 0.6 is 11.6 Å². The molecule has 1 aromatic heterocycles. The second-order valence-electron chi connectivity index (χ2n) is 4.81. The number of alkyl halides is 1. The molecule has 0 aliphatic rings. The van der Waals surface area contributed by atoms with Crippen molar-refractivity contribution < 1.29 is 29.4 Å². The number of amides is 2. The van der Waals surface area contributed by atoms with Crippen LogP contribution in [0.2, 0.25) is 0 Å². The summed E-state index contributed by atoms with van der Waals surface area (Å²) in [6, 6.07) is 1.31. The van der Waals surface area contributed by atoms with Gasteiger partial charge in [-0.1, -0.05) is 6.58 Å². The van der Waals surface area contributed by atoms with Gasteiger partial charge in [-0.05, 0) is 24.6 Å². The lowest BCUT2D eigenvalue weighted by Gasteiger charge is -2.14. The average Bonchev–Trinajstić information content (AvgIpc) is 2.57. The molecule has 0 saturated heterocycles. The number of carboxylic acid groups (broad SMARTS) is 2. The van der Waals surface area contributed by atoms with Crippen LogP contribution in [-0.2, 0) is 14.4 Å². The first kappa shape index (κ1) is 20.1. The van der Waals surface area contributed by atoms with E-state index in [-0.39, 0.29) is 29.4 Å². The van der Waals surface area contributed by atoms with E-state index in [4.69, 9.17) is 21.8 Å². The topological polar surface area (TPSA) is 146 Å². The maximum absolute atomic E-state index is 12.1. The van der Waals surface area contributed by atoms with Crippen LogP contribution in [-0.4, -0.2) is 50.9 Å². The van der Waals surface area contributed by atoms with Gasteiger partial charge in [-0.2, -0.15) is 0 Å². The highest BCUT2D eigenvalue weighted by atomic mass is 35.5. The third-order valence-corrected chi connectivity index (χ3v) is 3.24. The van der Waals surface area contributed by atoms with E-state index in [1.807, 2.05) is 0 Å². The molecule has 10 heteroatoms. The predicted octanol–water partition coefficient (Wildman–Crippen LogP) is 0.950. The summed E-state index contributed by atoms with van der Waals surface area (Å²) in [5.41, 5.74) is 0.377. The molecule has 0 unspecified atom stereocenters. The third kappa shape index (κ3) is 6.22. The zero-order valence-corrected chi connectivity index (χ0v) is 13.7. The minimum absolute atomic E-state index is 0.111. The summed E-state index contributed by atoms with van der Waals surface area (Å²) in [7, 11) is 0. The zero-order chi connectivity index (χ0) is 19.0. The maximum atomic E-state index is 12.1. The molecule has 0 spiro atoms. The van der Waals surface area contributed by atoms with Crippen molar-refractivity contribution in [3.63, 3.8) is 0 Å². The van der Waals surface area contributed by atoms with Crippen LogP contribution in [0.1, 0.15) is 29.0 Å². The van der Waals surface area contributed by atoms with Crippen molar-refractivity contribution in [1.82, 2.24) is 10.3 Å². The van der Waals surface area contributed by atoms with Crippen molar-refractivity contribution in [1.29, 1.82) is 0 Å². The Balaban J connectivity index is 2.93. The summed E-state index contributed by atoms with van der Waals surface area (Å²) >= 11 is 5.40. The molecule has 1 rings (SSSR count). The lowest BCUT2D eigenvalue weighted by molar-refractivity contribution is -0.140. The minimum atomic E-state index is -1.37. The second kappa shape index (κ2) is 9.38. The Labute approximate surface area is 147 Å². The Hall–Kier alpha value is -2.94. The predicted molar refractivity (Wildman–Crippen MR) is 89.4 cm³/mol. The molecule has 0 saturated carbocycles. The fourth-order valence-electron chi connectivity index (χ4n) is 1.80. The van der Waals surface area contributed by atoms with Crippen LogP contribution < -0.4 is 10.6 Å². The van der Waals surface area contributed by atoms with Gasteiger partial charge in [0.2, 0.25) is 5.91 Å². The molecule has 0 aliphatic heterocycles. The first-order chi connectivity index (χ1) is 11.8. The molecule has 1 aromatic rings.